The molecule has 0 spiro atoms. The number of methoxy groups -OCH3 is 1. The van der Waals surface area contributed by atoms with E-state index in [4.69, 9.17) is 9.47 Å². The van der Waals surface area contributed by atoms with Gasteiger partial charge in [0.2, 0.25) is 15.9 Å². The number of carbonyl (C=O) groups is 2. The average molecular weight is 590 g/mol. The Labute approximate surface area is 243 Å². The summed E-state index contributed by atoms with van der Waals surface area (Å²) in [4.78, 5) is 34.0. The number of esters is 1. The number of urea groups is 1. The molecule has 42 heavy (non-hydrogen) atoms. The van der Waals surface area contributed by atoms with Crippen LogP contribution in [0.2, 0.25) is 0 Å². The smallest absolute Gasteiger partial charge is 0.328 e. The molecule has 3 heterocycles. The van der Waals surface area contributed by atoms with Gasteiger partial charge in [0.15, 0.2) is 0 Å². The minimum atomic E-state index is -3.80. The van der Waals surface area contributed by atoms with Gasteiger partial charge in [-0.25, -0.2) is 23.0 Å². The van der Waals surface area contributed by atoms with Crippen molar-refractivity contribution in [1.82, 2.24) is 19.6 Å². The molecule has 0 bridgehead atoms. The molecule has 0 saturated carbocycles. The third kappa shape index (κ3) is 6.67. The number of rotatable bonds is 9. The van der Waals surface area contributed by atoms with E-state index in [0.717, 1.165) is 35.6 Å². The number of nitrogens with one attached hydrogen (secondary N) is 2. The Hall–Kier alpha value is -4.55. The van der Waals surface area contributed by atoms with E-state index in [1.165, 1.54) is 23.5 Å². The molecule has 1 unspecified atom stereocenters. The Bertz CT molecular complexity index is 1670. The summed E-state index contributed by atoms with van der Waals surface area (Å²) in [5.74, 6) is 0.340. The lowest BCUT2D eigenvalue weighted by Crippen LogP contribution is -2.45. The zero-order chi connectivity index (χ0) is 29.5. The molecule has 1 aliphatic heterocycles. The van der Waals surface area contributed by atoms with Crippen molar-refractivity contribution in [2.24, 2.45) is 0 Å². The third-order valence-electron chi connectivity index (χ3n) is 6.97. The SMILES string of the molecule is COC(=O)C(Cc1ccc(Oc2nccc3cnccc23)cc1)NC(=O)Nc1ccccc1S(=O)(=O)N1CCCCC1. The number of piperidine rings is 1. The molecule has 2 N–H and O–H groups in total. The van der Waals surface area contributed by atoms with Gasteiger partial charge in [0, 0.05) is 48.9 Å². The number of hydrogen-bond acceptors (Lipinski definition) is 8. The summed E-state index contributed by atoms with van der Waals surface area (Å²) in [6.45, 7) is 0.875. The zero-order valence-corrected chi connectivity index (χ0v) is 23.8. The summed E-state index contributed by atoms with van der Waals surface area (Å²) >= 11 is 0. The number of para-hydroxylation sites is 1. The van der Waals surface area contributed by atoms with Crippen LogP contribution in [-0.2, 0) is 26.0 Å². The highest BCUT2D eigenvalue weighted by molar-refractivity contribution is 7.89. The third-order valence-corrected chi connectivity index (χ3v) is 8.92. The molecule has 5 rings (SSSR count). The second kappa shape index (κ2) is 13.0. The molecule has 1 fully saturated rings. The van der Waals surface area contributed by atoms with Crippen LogP contribution < -0.4 is 15.4 Å². The van der Waals surface area contributed by atoms with E-state index in [-0.39, 0.29) is 17.0 Å². The Morgan fingerprint density at radius 2 is 1.74 bits per heavy atom. The molecule has 2 amide bonds. The number of sulfonamides is 1. The highest BCUT2D eigenvalue weighted by Gasteiger charge is 2.29. The van der Waals surface area contributed by atoms with Crippen LogP contribution in [0, 0.1) is 0 Å². The standard InChI is InChI=1S/C30H31N5O6S/c1-40-29(36)26(19-21-9-11-23(12-10-21)41-28-24-14-15-31-20-22(24)13-16-32-28)34-30(37)33-25-7-3-4-8-27(25)42(38,39)35-17-5-2-6-18-35/h3-4,7-16,20,26H,2,5-6,17-19H2,1H3,(H2,33,34,37). The quantitative estimate of drug-likeness (QED) is 0.272. The molecule has 1 atom stereocenters. The largest absolute Gasteiger partial charge is 0.467 e. The van der Waals surface area contributed by atoms with Gasteiger partial charge in [-0.1, -0.05) is 30.7 Å². The predicted molar refractivity (Wildman–Crippen MR) is 157 cm³/mol. The van der Waals surface area contributed by atoms with Gasteiger partial charge in [0.25, 0.3) is 0 Å². The Morgan fingerprint density at radius 3 is 2.50 bits per heavy atom. The van der Waals surface area contributed by atoms with Crippen molar-refractivity contribution in [2.75, 3.05) is 25.5 Å². The van der Waals surface area contributed by atoms with Gasteiger partial charge >= 0.3 is 12.0 Å². The van der Waals surface area contributed by atoms with Crippen molar-refractivity contribution in [3.8, 4) is 11.6 Å². The topological polar surface area (TPSA) is 140 Å². The second-order valence-corrected chi connectivity index (χ2v) is 11.7. The normalized spacial score (nSPS) is 14.6. The lowest BCUT2D eigenvalue weighted by molar-refractivity contribution is -0.142. The van der Waals surface area contributed by atoms with Gasteiger partial charge < -0.3 is 20.1 Å². The van der Waals surface area contributed by atoms with Crippen LogP contribution in [0.3, 0.4) is 0 Å². The highest BCUT2D eigenvalue weighted by Crippen LogP contribution is 2.28. The van der Waals surface area contributed by atoms with Crippen LogP contribution in [0.25, 0.3) is 10.8 Å². The fraction of sp³-hybridized carbons (Fsp3) is 0.267. The molecule has 0 radical (unpaired) electrons. The lowest BCUT2D eigenvalue weighted by atomic mass is 10.1. The summed E-state index contributed by atoms with van der Waals surface area (Å²) in [5, 5.41) is 6.95. The van der Waals surface area contributed by atoms with Crippen molar-refractivity contribution < 1.29 is 27.5 Å². The molecule has 1 aliphatic rings. The number of fused-ring (bicyclic) bond motifs is 1. The van der Waals surface area contributed by atoms with E-state index >= 15 is 0 Å². The van der Waals surface area contributed by atoms with Crippen LogP contribution in [0.4, 0.5) is 10.5 Å². The second-order valence-electron chi connectivity index (χ2n) is 9.80. The molecule has 12 heteroatoms. The Kier molecular flexibility index (Phi) is 8.94. The minimum Gasteiger partial charge on any atom is -0.467 e. The maximum atomic E-state index is 13.3. The minimum absolute atomic E-state index is 0.00389. The summed E-state index contributed by atoms with van der Waals surface area (Å²) in [6, 6.07) is 15.2. The number of pyridine rings is 2. The van der Waals surface area contributed by atoms with Gasteiger partial charge in [-0.15, -0.1) is 0 Å². The predicted octanol–water partition coefficient (Wildman–Crippen LogP) is 4.50. The lowest BCUT2D eigenvalue weighted by Gasteiger charge is -2.27. The number of carbonyl (C=O) groups excluding carboxylic acids is 2. The van der Waals surface area contributed by atoms with Crippen LogP contribution in [0.15, 0.2) is 84.1 Å². The van der Waals surface area contributed by atoms with Gasteiger partial charge in [0.05, 0.1) is 12.8 Å². The number of hydrogen-bond donors (Lipinski definition) is 2. The fourth-order valence-electron chi connectivity index (χ4n) is 4.80. The molecule has 1 saturated heterocycles. The van der Waals surface area contributed by atoms with Gasteiger partial charge in [-0.2, -0.15) is 4.31 Å². The van der Waals surface area contributed by atoms with Crippen molar-refractivity contribution in [1.29, 1.82) is 0 Å². The summed E-state index contributed by atoms with van der Waals surface area (Å²) < 4.78 is 38.9. The number of nitrogens with zero attached hydrogens (tertiary/aromatic N) is 3. The first-order chi connectivity index (χ1) is 20.3. The van der Waals surface area contributed by atoms with Gasteiger partial charge in [-0.05, 0) is 54.8 Å². The molecular formula is C30H31N5O6S. The van der Waals surface area contributed by atoms with Crippen LogP contribution in [0.1, 0.15) is 24.8 Å². The number of ether oxygens (including phenoxy) is 2. The summed E-state index contributed by atoms with van der Waals surface area (Å²) in [6.07, 6.45) is 7.75. The first-order valence-electron chi connectivity index (χ1n) is 13.6. The number of aromatic nitrogens is 2. The van der Waals surface area contributed by atoms with Gasteiger partial charge in [0.1, 0.15) is 16.7 Å². The molecule has 2 aromatic heterocycles. The first-order valence-corrected chi connectivity index (χ1v) is 15.0. The molecule has 0 aliphatic carbocycles. The monoisotopic (exact) mass is 589 g/mol. The number of amides is 2. The van der Waals surface area contributed by atoms with Crippen molar-refractivity contribution in [3.63, 3.8) is 0 Å². The van der Waals surface area contributed by atoms with E-state index in [9.17, 15) is 18.0 Å². The highest BCUT2D eigenvalue weighted by atomic mass is 32.2. The van der Waals surface area contributed by atoms with Crippen molar-refractivity contribution in [2.45, 2.75) is 36.6 Å². The zero-order valence-electron chi connectivity index (χ0n) is 23.0. The van der Waals surface area contributed by atoms with E-state index < -0.39 is 28.1 Å². The van der Waals surface area contributed by atoms with Crippen LogP contribution in [0.5, 0.6) is 11.6 Å². The van der Waals surface area contributed by atoms with Crippen molar-refractivity contribution >= 4 is 38.5 Å². The number of anilines is 1. The fourth-order valence-corrected chi connectivity index (χ4v) is 6.47. The van der Waals surface area contributed by atoms with Gasteiger partial charge in [-0.3, -0.25) is 4.98 Å². The van der Waals surface area contributed by atoms with E-state index in [1.54, 1.807) is 55.0 Å². The molecule has 11 nitrogen and oxygen atoms in total. The summed E-state index contributed by atoms with van der Waals surface area (Å²) in [5.41, 5.74) is 0.865. The molecule has 2 aromatic carbocycles. The first kappa shape index (κ1) is 29.0. The molecular weight excluding hydrogens is 558 g/mol. The maximum absolute atomic E-state index is 13.3. The molecule has 4 aromatic rings. The number of benzene rings is 2. The van der Waals surface area contributed by atoms with Crippen LogP contribution in [-0.4, -0.2) is 60.9 Å². The van der Waals surface area contributed by atoms with Crippen molar-refractivity contribution in [3.05, 3.63) is 84.8 Å². The van der Waals surface area contributed by atoms with E-state index in [1.807, 2.05) is 12.1 Å². The van der Waals surface area contributed by atoms with E-state index in [0.29, 0.717) is 24.7 Å². The Balaban J connectivity index is 1.26. The maximum Gasteiger partial charge on any atom is 0.328 e. The average Bonchev–Trinajstić information content (AvgIpc) is 3.02. The Morgan fingerprint density at radius 1 is 0.976 bits per heavy atom. The summed E-state index contributed by atoms with van der Waals surface area (Å²) in [7, 11) is -2.56. The van der Waals surface area contributed by atoms with E-state index in [2.05, 4.69) is 20.6 Å². The molecule has 218 valence electrons. The van der Waals surface area contributed by atoms with Crippen LogP contribution >= 0.6 is 0 Å².